The number of nitrogens with one attached hydrogen (secondary N) is 1. The van der Waals surface area contributed by atoms with Gasteiger partial charge in [-0.15, -0.1) is 0 Å². The second kappa shape index (κ2) is 7.11. The fourth-order valence-electron chi connectivity index (χ4n) is 2.42. The van der Waals surface area contributed by atoms with Gasteiger partial charge in [-0.3, -0.25) is 5.84 Å². The number of rotatable bonds is 6. The van der Waals surface area contributed by atoms with Crippen LogP contribution in [-0.4, -0.2) is 14.2 Å². The fourth-order valence-corrected chi connectivity index (χ4v) is 2.42. The van der Waals surface area contributed by atoms with Gasteiger partial charge in [-0.1, -0.05) is 31.2 Å². The maximum atomic E-state index is 5.79. The Bertz CT molecular complexity index is 599. The molecule has 112 valence electrons. The summed E-state index contributed by atoms with van der Waals surface area (Å²) in [5.74, 6) is 7.29. The van der Waals surface area contributed by atoms with Crippen LogP contribution in [0.5, 0.6) is 11.5 Å². The van der Waals surface area contributed by atoms with Crippen molar-refractivity contribution in [2.24, 2.45) is 5.84 Å². The smallest absolute Gasteiger partial charge is 0.127 e. The van der Waals surface area contributed by atoms with E-state index < -0.39 is 0 Å². The average molecular weight is 286 g/mol. The average Bonchev–Trinajstić information content (AvgIpc) is 2.56. The van der Waals surface area contributed by atoms with Crippen LogP contribution in [-0.2, 0) is 6.42 Å². The van der Waals surface area contributed by atoms with Gasteiger partial charge in [0, 0.05) is 11.6 Å². The number of hydrogen-bond donors (Lipinski definition) is 2. The van der Waals surface area contributed by atoms with E-state index in [-0.39, 0.29) is 6.04 Å². The van der Waals surface area contributed by atoms with E-state index >= 15 is 0 Å². The molecule has 2 rings (SSSR count). The van der Waals surface area contributed by atoms with E-state index in [9.17, 15) is 0 Å². The summed E-state index contributed by atoms with van der Waals surface area (Å²) in [6.07, 6.45) is 0.991. The van der Waals surface area contributed by atoms with Crippen LogP contribution in [0.1, 0.15) is 29.7 Å². The first kappa shape index (κ1) is 15.4. The number of methoxy groups -OCH3 is 2. The third kappa shape index (κ3) is 3.35. The molecule has 21 heavy (non-hydrogen) atoms. The summed E-state index contributed by atoms with van der Waals surface area (Å²) >= 11 is 0. The molecule has 2 aromatic carbocycles. The Morgan fingerprint density at radius 1 is 1.10 bits per heavy atom. The predicted molar refractivity (Wildman–Crippen MR) is 84.5 cm³/mol. The zero-order valence-corrected chi connectivity index (χ0v) is 12.7. The van der Waals surface area contributed by atoms with Crippen LogP contribution in [0.15, 0.2) is 42.5 Å². The first-order valence-corrected chi connectivity index (χ1v) is 7.00. The van der Waals surface area contributed by atoms with Gasteiger partial charge >= 0.3 is 0 Å². The molecule has 3 N–H and O–H groups in total. The summed E-state index contributed by atoms with van der Waals surface area (Å²) < 4.78 is 10.7. The summed E-state index contributed by atoms with van der Waals surface area (Å²) in [7, 11) is 3.28. The molecule has 0 spiro atoms. The molecule has 0 aliphatic carbocycles. The predicted octanol–water partition coefficient (Wildman–Crippen LogP) is 2.82. The van der Waals surface area contributed by atoms with E-state index in [1.54, 1.807) is 14.2 Å². The quantitative estimate of drug-likeness (QED) is 0.633. The number of benzene rings is 2. The summed E-state index contributed by atoms with van der Waals surface area (Å²) in [5, 5.41) is 0. The van der Waals surface area contributed by atoms with Crippen molar-refractivity contribution in [1.82, 2.24) is 5.43 Å². The Kier molecular flexibility index (Phi) is 5.20. The van der Waals surface area contributed by atoms with E-state index in [1.165, 1.54) is 5.56 Å². The molecule has 0 saturated heterocycles. The van der Waals surface area contributed by atoms with E-state index in [1.807, 2.05) is 18.2 Å². The molecule has 0 fully saturated rings. The molecule has 1 unspecified atom stereocenters. The van der Waals surface area contributed by atoms with Gasteiger partial charge in [0.05, 0.1) is 20.3 Å². The SMILES string of the molecule is CCc1cccc(C(NN)c2ccc(OC)cc2OC)c1. The van der Waals surface area contributed by atoms with Crippen LogP contribution in [0.3, 0.4) is 0 Å². The Balaban J connectivity index is 2.45. The molecule has 2 aromatic rings. The maximum Gasteiger partial charge on any atom is 0.127 e. The second-order valence-corrected chi connectivity index (χ2v) is 4.81. The molecule has 0 radical (unpaired) electrons. The van der Waals surface area contributed by atoms with E-state index in [0.29, 0.717) is 0 Å². The van der Waals surface area contributed by atoms with Gasteiger partial charge in [0.2, 0.25) is 0 Å². The highest BCUT2D eigenvalue weighted by Gasteiger charge is 2.17. The van der Waals surface area contributed by atoms with E-state index in [0.717, 1.165) is 29.0 Å². The minimum Gasteiger partial charge on any atom is -0.497 e. The minimum absolute atomic E-state index is 0.127. The maximum absolute atomic E-state index is 5.79. The molecule has 0 aromatic heterocycles. The number of nitrogens with two attached hydrogens (primary N) is 1. The van der Waals surface area contributed by atoms with Gasteiger partial charge in [0.25, 0.3) is 0 Å². The summed E-state index contributed by atoms with van der Waals surface area (Å²) in [5.41, 5.74) is 6.25. The van der Waals surface area contributed by atoms with Crippen molar-refractivity contribution in [3.63, 3.8) is 0 Å². The molecular formula is C17H22N2O2. The molecule has 0 amide bonds. The fraction of sp³-hybridized carbons (Fsp3) is 0.294. The standard InChI is InChI=1S/C17H22N2O2/c1-4-12-6-5-7-13(10-12)17(19-18)15-9-8-14(20-2)11-16(15)21-3/h5-11,17,19H,4,18H2,1-3H3. The second-order valence-electron chi connectivity index (χ2n) is 4.81. The molecular weight excluding hydrogens is 264 g/mol. The van der Waals surface area contributed by atoms with Crippen LogP contribution in [0.2, 0.25) is 0 Å². The topological polar surface area (TPSA) is 56.5 Å². The third-order valence-electron chi connectivity index (χ3n) is 3.61. The Hall–Kier alpha value is -2.04. The van der Waals surface area contributed by atoms with Gasteiger partial charge in [-0.2, -0.15) is 0 Å². The van der Waals surface area contributed by atoms with Crippen molar-refractivity contribution in [2.45, 2.75) is 19.4 Å². The number of hydrazine groups is 1. The molecule has 0 aliphatic heterocycles. The Morgan fingerprint density at radius 3 is 2.52 bits per heavy atom. The van der Waals surface area contributed by atoms with Gasteiger partial charge in [0.15, 0.2) is 0 Å². The van der Waals surface area contributed by atoms with Crippen molar-refractivity contribution >= 4 is 0 Å². The molecule has 0 heterocycles. The van der Waals surface area contributed by atoms with Crippen LogP contribution in [0, 0.1) is 0 Å². The van der Waals surface area contributed by atoms with Crippen molar-refractivity contribution in [1.29, 1.82) is 0 Å². The normalized spacial score (nSPS) is 12.0. The lowest BCUT2D eigenvalue weighted by Crippen LogP contribution is -2.29. The van der Waals surface area contributed by atoms with E-state index in [4.69, 9.17) is 15.3 Å². The highest BCUT2D eigenvalue weighted by Crippen LogP contribution is 2.32. The Labute approximate surface area is 125 Å². The summed E-state index contributed by atoms with van der Waals surface area (Å²) in [6, 6.07) is 14.0. The molecule has 1 atom stereocenters. The molecule has 0 aliphatic rings. The number of ether oxygens (including phenoxy) is 2. The molecule has 0 saturated carbocycles. The largest absolute Gasteiger partial charge is 0.497 e. The lowest BCUT2D eigenvalue weighted by atomic mass is 9.96. The number of hydrogen-bond acceptors (Lipinski definition) is 4. The monoisotopic (exact) mass is 286 g/mol. The van der Waals surface area contributed by atoms with Crippen molar-refractivity contribution in [3.05, 3.63) is 59.2 Å². The molecule has 4 heteroatoms. The van der Waals surface area contributed by atoms with Gasteiger partial charge in [-0.25, -0.2) is 5.43 Å². The van der Waals surface area contributed by atoms with E-state index in [2.05, 4.69) is 36.6 Å². The minimum atomic E-state index is -0.127. The highest BCUT2D eigenvalue weighted by atomic mass is 16.5. The van der Waals surface area contributed by atoms with Gasteiger partial charge in [-0.05, 0) is 29.7 Å². The van der Waals surface area contributed by atoms with Crippen LogP contribution in [0.4, 0.5) is 0 Å². The van der Waals surface area contributed by atoms with Gasteiger partial charge < -0.3 is 9.47 Å². The lowest BCUT2D eigenvalue weighted by molar-refractivity contribution is 0.387. The van der Waals surface area contributed by atoms with Crippen molar-refractivity contribution in [3.8, 4) is 11.5 Å². The number of aryl methyl sites for hydroxylation is 1. The summed E-state index contributed by atoms with van der Waals surface area (Å²) in [4.78, 5) is 0. The van der Waals surface area contributed by atoms with Gasteiger partial charge in [0.1, 0.15) is 11.5 Å². The zero-order chi connectivity index (χ0) is 15.2. The first-order valence-electron chi connectivity index (χ1n) is 7.00. The van der Waals surface area contributed by atoms with Crippen LogP contribution < -0.4 is 20.7 Å². The first-order chi connectivity index (χ1) is 10.2. The molecule has 4 nitrogen and oxygen atoms in total. The Morgan fingerprint density at radius 2 is 1.90 bits per heavy atom. The summed E-state index contributed by atoms with van der Waals surface area (Å²) in [6.45, 7) is 2.14. The van der Waals surface area contributed by atoms with Crippen LogP contribution in [0.25, 0.3) is 0 Å². The zero-order valence-electron chi connectivity index (χ0n) is 12.7. The van der Waals surface area contributed by atoms with Crippen molar-refractivity contribution < 1.29 is 9.47 Å². The highest BCUT2D eigenvalue weighted by molar-refractivity contribution is 5.46. The van der Waals surface area contributed by atoms with Crippen molar-refractivity contribution in [2.75, 3.05) is 14.2 Å². The van der Waals surface area contributed by atoms with Crippen LogP contribution >= 0.6 is 0 Å². The molecule has 0 bridgehead atoms. The third-order valence-corrected chi connectivity index (χ3v) is 3.61. The lowest BCUT2D eigenvalue weighted by Gasteiger charge is -2.20.